The van der Waals surface area contributed by atoms with Crippen LogP contribution in [0.4, 0.5) is 0 Å². The van der Waals surface area contributed by atoms with Gasteiger partial charge in [0.15, 0.2) is 5.69 Å². The van der Waals surface area contributed by atoms with Crippen LogP contribution in [0.1, 0.15) is 73.5 Å². The first-order valence-corrected chi connectivity index (χ1v) is 11.0. The monoisotopic (exact) mass is 386 g/mol. The second-order valence-electron chi connectivity index (χ2n) is 9.03. The number of hydrogen-bond donors (Lipinski definition) is 1. The number of rotatable bonds is 5. The molecule has 2 aliphatic heterocycles. The summed E-state index contributed by atoms with van der Waals surface area (Å²) >= 11 is 0. The molecule has 2 aliphatic carbocycles. The first-order valence-electron chi connectivity index (χ1n) is 11.0. The van der Waals surface area contributed by atoms with E-state index in [0.717, 1.165) is 83.3 Å². The van der Waals surface area contributed by atoms with Gasteiger partial charge in [-0.15, -0.1) is 0 Å². The van der Waals surface area contributed by atoms with Crippen molar-refractivity contribution in [2.24, 2.45) is 5.92 Å². The average molecular weight is 386 g/mol. The number of amides is 2. The maximum atomic E-state index is 12.7. The van der Waals surface area contributed by atoms with Crippen molar-refractivity contribution in [1.82, 2.24) is 20.3 Å². The van der Waals surface area contributed by atoms with Crippen LogP contribution in [0.5, 0.6) is 0 Å². The molecular formula is C21H30N4O3. The fourth-order valence-electron chi connectivity index (χ4n) is 4.65. The van der Waals surface area contributed by atoms with Gasteiger partial charge in [-0.2, -0.15) is 0 Å². The van der Waals surface area contributed by atoms with Crippen LogP contribution < -0.4 is 5.32 Å². The van der Waals surface area contributed by atoms with Gasteiger partial charge in [-0.1, -0.05) is 5.16 Å². The van der Waals surface area contributed by atoms with E-state index >= 15 is 0 Å². The molecule has 1 N–H and O–H groups in total. The van der Waals surface area contributed by atoms with E-state index in [-0.39, 0.29) is 17.7 Å². The van der Waals surface area contributed by atoms with E-state index in [1.165, 1.54) is 0 Å². The van der Waals surface area contributed by atoms with Crippen LogP contribution >= 0.6 is 0 Å². The third kappa shape index (κ3) is 3.95. The van der Waals surface area contributed by atoms with E-state index in [1.807, 2.05) is 11.0 Å². The van der Waals surface area contributed by atoms with E-state index in [1.54, 1.807) is 0 Å². The minimum Gasteiger partial charge on any atom is -0.360 e. The maximum absolute atomic E-state index is 12.7. The summed E-state index contributed by atoms with van der Waals surface area (Å²) in [5.41, 5.74) is 0.454. The number of carbonyl (C=O) groups excluding carboxylic acids is 2. The topological polar surface area (TPSA) is 78.7 Å². The normalized spacial score (nSPS) is 27.0. The van der Waals surface area contributed by atoms with E-state index in [9.17, 15) is 9.59 Å². The van der Waals surface area contributed by atoms with Crippen LogP contribution in [0.15, 0.2) is 10.6 Å². The third-order valence-electron chi connectivity index (χ3n) is 6.74. The fraction of sp³-hybridized carbons (Fsp3) is 0.762. The van der Waals surface area contributed by atoms with Crippen molar-refractivity contribution >= 4 is 11.8 Å². The molecule has 0 aromatic carbocycles. The molecule has 1 aromatic rings. The van der Waals surface area contributed by atoms with E-state index in [4.69, 9.17) is 4.52 Å². The zero-order valence-corrected chi connectivity index (χ0v) is 16.4. The lowest BCUT2D eigenvalue weighted by Gasteiger charge is -2.41. The molecule has 4 aliphatic rings. The average Bonchev–Trinajstić information content (AvgIpc) is 3.68. The summed E-state index contributed by atoms with van der Waals surface area (Å²) in [6, 6.07) is 2.74. The molecule has 1 aromatic heterocycles. The highest BCUT2D eigenvalue weighted by Crippen LogP contribution is 2.40. The lowest BCUT2D eigenvalue weighted by atomic mass is 9.93. The Balaban J connectivity index is 1.12. The highest BCUT2D eigenvalue weighted by Gasteiger charge is 2.35. The molecule has 3 heterocycles. The van der Waals surface area contributed by atoms with Crippen molar-refractivity contribution in [3.05, 3.63) is 17.5 Å². The molecule has 2 amide bonds. The van der Waals surface area contributed by atoms with Gasteiger partial charge >= 0.3 is 0 Å². The molecule has 0 unspecified atom stereocenters. The van der Waals surface area contributed by atoms with Crippen LogP contribution in [0, 0.1) is 5.92 Å². The summed E-state index contributed by atoms with van der Waals surface area (Å²) in [4.78, 5) is 29.5. The van der Waals surface area contributed by atoms with Crippen LogP contribution in [0.25, 0.3) is 0 Å². The molecule has 0 spiro atoms. The second kappa shape index (κ2) is 7.50. The van der Waals surface area contributed by atoms with Gasteiger partial charge < -0.3 is 14.7 Å². The molecule has 1 atom stereocenters. The molecule has 152 valence electrons. The molecule has 7 nitrogen and oxygen atoms in total. The van der Waals surface area contributed by atoms with Crippen molar-refractivity contribution in [2.75, 3.05) is 26.2 Å². The summed E-state index contributed by atoms with van der Waals surface area (Å²) < 4.78 is 5.34. The number of carbonyl (C=O) groups is 2. The van der Waals surface area contributed by atoms with Gasteiger partial charge in [-0.05, 0) is 57.9 Å². The lowest BCUT2D eigenvalue weighted by Crippen LogP contribution is -2.51. The van der Waals surface area contributed by atoms with Crippen molar-refractivity contribution < 1.29 is 14.1 Å². The van der Waals surface area contributed by atoms with Gasteiger partial charge in [0.05, 0.1) is 5.92 Å². The van der Waals surface area contributed by atoms with Crippen LogP contribution in [-0.2, 0) is 4.79 Å². The summed E-state index contributed by atoms with van der Waals surface area (Å²) in [5, 5.41) is 7.17. The standard InChI is InChI=1S/C21H30N4O3/c26-20(22-16-5-6-16)15-2-1-9-25(13-15)17-7-10-24(11-8-17)21(27)18-12-19(28-23-18)14-3-4-14/h12,14-17H,1-11,13H2,(H,22,26)/t15-/m0/s1. The Kier molecular flexibility index (Phi) is 4.87. The van der Waals surface area contributed by atoms with Crippen molar-refractivity contribution in [1.29, 1.82) is 0 Å². The number of nitrogens with zero attached hydrogens (tertiary/aromatic N) is 3. The number of aromatic nitrogens is 1. The highest BCUT2D eigenvalue weighted by molar-refractivity contribution is 5.92. The predicted molar refractivity (Wildman–Crippen MR) is 103 cm³/mol. The number of nitrogens with one attached hydrogen (secondary N) is 1. The Bertz CT molecular complexity index is 732. The zero-order chi connectivity index (χ0) is 19.1. The van der Waals surface area contributed by atoms with Gasteiger partial charge in [-0.3, -0.25) is 14.5 Å². The third-order valence-corrected chi connectivity index (χ3v) is 6.74. The van der Waals surface area contributed by atoms with E-state index in [0.29, 0.717) is 23.7 Å². The molecule has 4 fully saturated rings. The van der Waals surface area contributed by atoms with Crippen LogP contribution in [0.3, 0.4) is 0 Å². The minimum atomic E-state index is -0.00516. The van der Waals surface area contributed by atoms with Crippen molar-refractivity contribution in [3.8, 4) is 0 Å². The Hall–Kier alpha value is -1.89. The van der Waals surface area contributed by atoms with Crippen molar-refractivity contribution in [3.63, 3.8) is 0 Å². The van der Waals surface area contributed by atoms with Crippen LogP contribution in [-0.4, -0.2) is 65.0 Å². The molecular weight excluding hydrogens is 356 g/mol. The van der Waals surface area contributed by atoms with Crippen molar-refractivity contribution in [2.45, 2.75) is 69.4 Å². The van der Waals surface area contributed by atoms with Gasteiger partial charge in [0, 0.05) is 43.7 Å². The Morgan fingerprint density at radius 2 is 1.82 bits per heavy atom. The van der Waals surface area contributed by atoms with Gasteiger partial charge in [0.2, 0.25) is 5.91 Å². The summed E-state index contributed by atoms with van der Waals surface area (Å²) in [7, 11) is 0. The Morgan fingerprint density at radius 1 is 1.04 bits per heavy atom. The molecule has 2 saturated carbocycles. The van der Waals surface area contributed by atoms with Gasteiger partial charge in [0.25, 0.3) is 5.91 Å². The summed E-state index contributed by atoms with van der Waals surface area (Å²) in [6.45, 7) is 3.44. The first kappa shape index (κ1) is 18.2. The minimum absolute atomic E-state index is 0.00516. The number of piperidine rings is 2. The lowest BCUT2D eigenvalue weighted by molar-refractivity contribution is -0.127. The molecule has 2 saturated heterocycles. The molecule has 5 rings (SSSR count). The molecule has 7 heteroatoms. The fourth-order valence-corrected chi connectivity index (χ4v) is 4.65. The van der Waals surface area contributed by atoms with Crippen LogP contribution in [0.2, 0.25) is 0 Å². The second-order valence-corrected chi connectivity index (χ2v) is 9.03. The Labute approximate surface area is 165 Å². The largest absolute Gasteiger partial charge is 0.360 e. The molecule has 0 bridgehead atoms. The summed E-state index contributed by atoms with van der Waals surface area (Å²) in [5.74, 6) is 1.71. The quantitative estimate of drug-likeness (QED) is 0.839. The Morgan fingerprint density at radius 3 is 2.54 bits per heavy atom. The van der Waals surface area contributed by atoms with Gasteiger partial charge in [0.1, 0.15) is 5.76 Å². The number of likely N-dealkylation sites (tertiary alicyclic amines) is 2. The first-order chi connectivity index (χ1) is 13.7. The van der Waals surface area contributed by atoms with Gasteiger partial charge in [-0.25, -0.2) is 0 Å². The summed E-state index contributed by atoms with van der Waals surface area (Å²) in [6.07, 6.45) is 8.59. The zero-order valence-electron chi connectivity index (χ0n) is 16.4. The predicted octanol–water partition coefficient (Wildman–Crippen LogP) is 2.15. The highest BCUT2D eigenvalue weighted by atomic mass is 16.5. The smallest absolute Gasteiger partial charge is 0.276 e. The maximum Gasteiger partial charge on any atom is 0.276 e. The molecule has 28 heavy (non-hydrogen) atoms. The van der Waals surface area contributed by atoms with E-state index < -0.39 is 0 Å². The number of hydrogen-bond acceptors (Lipinski definition) is 5. The molecule has 0 radical (unpaired) electrons. The van der Waals surface area contributed by atoms with E-state index in [2.05, 4.69) is 15.4 Å². The SMILES string of the molecule is O=C(NC1CC1)[C@H]1CCCN(C2CCN(C(=O)c3cc(C4CC4)on3)CC2)C1.